The maximum atomic E-state index is 11.8. The van der Waals surface area contributed by atoms with Gasteiger partial charge in [0.2, 0.25) is 5.91 Å². The highest BCUT2D eigenvalue weighted by Gasteiger charge is 2.25. The lowest BCUT2D eigenvalue weighted by atomic mass is 9.95. The maximum absolute atomic E-state index is 11.8. The normalized spacial score (nSPS) is 18.2. The Hall–Kier alpha value is -0.940. The monoisotopic (exact) mass is 253 g/mol. The van der Waals surface area contributed by atoms with E-state index in [9.17, 15) is 4.79 Å². The smallest absolute Gasteiger partial charge is 0.225 e. The van der Waals surface area contributed by atoms with Crippen LogP contribution in [0.25, 0.3) is 0 Å². The fourth-order valence-corrected chi connectivity index (χ4v) is 2.80. The summed E-state index contributed by atoms with van der Waals surface area (Å²) in [7, 11) is 3.67. The molecule has 0 atom stereocenters. The van der Waals surface area contributed by atoms with Gasteiger partial charge in [0.15, 0.2) is 0 Å². The van der Waals surface area contributed by atoms with Crippen LogP contribution in [-0.4, -0.2) is 47.9 Å². The molecule has 1 fully saturated rings. The fourth-order valence-electron chi connectivity index (χ4n) is 2.25. The number of thiazole rings is 1. The zero-order valence-electron chi connectivity index (χ0n) is 10.4. The second kappa shape index (κ2) is 5.60. The van der Waals surface area contributed by atoms with Crippen LogP contribution in [0.4, 0.5) is 0 Å². The molecule has 1 aromatic rings. The van der Waals surface area contributed by atoms with Crippen LogP contribution in [0.3, 0.4) is 0 Å². The third-order valence-corrected chi connectivity index (χ3v) is 3.88. The van der Waals surface area contributed by atoms with Gasteiger partial charge in [0.25, 0.3) is 0 Å². The second-order valence-electron chi connectivity index (χ2n) is 4.76. The molecule has 1 saturated heterocycles. The second-order valence-corrected chi connectivity index (χ2v) is 5.48. The molecule has 0 aliphatic carbocycles. The topological polar surface area (TPSA) is 36.4 Å². The third kappa shape index (κ3) is 3.26. The summed E-state index contributed by atoms with van der Waals surface area (Å²) in [5.74, 6) is 0.495. The minimum atomic E-state index is 0.219. The van der Waals surface area contributed by atoms with E-state index in [1.54, 1.807) is 16.2 Å². The summed E-state index contributed by atoms with van der Waals surface area (Å²) < 4.78 is 0. The summed E-state index contributed by atoms with van der Waals surface area (Å²) in [4.78, 5) is 20.2. The van der Waals surface area contributed by atoms with Crippen LogP contribution < -0.4 is 0 Å². The molecule has 5 heteroatoms. The number of hydrogen-bond acceptors (Lipinski definition) is 4. The summed E-state index contributed by atoms with van der Waals surface area (Å²) >= 11 is 1.64. The van der Waals surface area contributed by atoms with Gasteiger partial charge in [-0.15, -0.1) is 11.3 Å². The molecule has 0 bridgehead atoms. The van der Waals surface area contributed by atoms with E-state index in [0.717, 1.165) is 38.2 Å². The number of rotatable bonds is 3. The molecule has 17 heavy (non-hydrogen) atoms. The molecule has 1 aliphatic heterocycles. The Morgan fingerprint density at radius 3 is 2.76 bits per heavy atom. The van der Waals surface area contributed by atoms with E-state index in [2.05, 4.69) is 15.3 Å². The van der Waals surface area contributed by atoms with Crippen LogP contribution in [0.2, 0.25) is 0 Å². The average Bonchev–Trinajstić information content (AvgIpc) is 2.82. The molecule has 1 amide bonds. The standard InChI is InChI=1S/C12H19N3OS/c1-14(2)12(16)10-3-5-15(6-4-10)7-11-8-17-9-13-11/h8-10H,3-7H2,1-2H3. The molecule has 94 valence electrons. The minimum absolute atomic E-state index is 0.219. The molecule has 0 unspecified atom stereocenters. The van der Waals surface area contributed by atoms with Crippen LogP contribution in [0, 0.1) is 5.92 Å². The van der Waals surface area contributed by atoms with Crippen LogP contribution in [0.5, 0.6) is 0 Å². The highest BCUT2D eigenvalue weighted by Crippen LogP contribution is 2.20. The van der Waals surface area contributed by atoms with Crippen molar-refractivity contribution in [2.45, 2.75) is 19.4 Å². The van der Waals surface area contributed by atoms with Crippen molar-refractivity contribution in [1.82, 2.24) is 14.8 Å². The van der Waals surface area contributed by atoms with Gasteiger partial charge in [-0.1, -0.05) is 0 Å². The molecule has 0 saturated carbocycles. The van der Waals surface area contributed by atoms with E-state index in [-0.39, 0.29) is 11.8 Å². The first-order chi connectivity index (χ1) is 8.16. The van der Waals surface area contributed by atoms with Gasteiger partial charge >= 0.3 is 0 Å². The van der Waals surface area contributed by atoms with Gasteiger partial charge in [-0.05, 0) is 25.9 Å². The average molecular weight is 253 g/mol. The quantitative estimate of drug-likeness (QED) is 0.818. The Bertz CT molecular complexity index is 356. The number of piperidine rings is 1. The van der Waals surface area contributed by atoms with Gasteiger partial charge in [0, 0.05) is 31.9 Å². The molecule has 0 radical (unpaired) electrons. The van der Waals surface area contributed by atoms with E-state index in [4.69, 9.17) is 0 Å². The summed E-state index contributed by atoms with van der Waals surface area (Å²) in [6.45, 7) is 2.93. The van der Waals surface area contributed by atoms with E-state index >= 15 is 0 Å². The van der Waals surface area contributed by atoms with Crippen molar-refractivity contribution >= 4 is 17.2 Å². The van der Waals surface area contributed by atoms with Gasteiger partial charge < -0.3 is 4.90 Å². The van der Waals surface area contributed by atoms with E-state index in [1.807, 2.05) is 19.6 Å². The predicted octanol–water partition coefficient (Wildman–Crippen LogP) is 1.44. The lowest BCUT2D eigenvalue weighted by Gasteiger charge is -2.31. The molecule has 2 heterocycles. The predicted molar refractivity (Wildman–Crippen MR) is 68.8 cm³/mol. The first-order valence-corrected chi connectivity index (χ1v) is 6.91. The first kappa shape index (κ1) is 12.5. The third-order valence-electron chi connectivity index (χ3n) is 3.25. The largest absolute Gasteiger partial charge is 0.349 e. The van der Waals surface area contributed by atoms with Crippen molar-refractivity contribution in [1.29, 1.82) is 0 Å². The number of nitrogens with zero attached hydrogens (tertiary/aromatic N) is 3. The van der Waals surface area contributed by atoms with Gasteiger partial charge in [-0.25, -0.2) is 4.98 Å². The van der Waals surface area contributed by atoms with Crippen LogP contribution >= 0.6 is 11.3 Å². The van der Waals surface area contributed by atoms with Crippen molar-refractivity contribution in [2.75, 3.05) is 27.2 Å². The molecule has 1 aromatic heterocycles. The van der Waals surface area contributed by atoms with Gasteiger partial charge in [-0.2, -0.15) is 0 Å². The van der Waals surface area contributed by atoms with Crippen molar-refractivity contribution in [3.8, 4) is 0 Å². The molecule has 2 rings (SSSR count). The van der Waals surface area contributed by atoms with E-state index < -0.39 is 0 Å². The van der Waals surface area contributed by atoms with Crippen molar-refractivity contribution in [3.63, 3.8) is 0 Å². The number of carbonyl (C=O) groups excluding carboxylic acids is 1. The van der Waals surface area contributed by atoms with E-state index in [0.29, 0.717) is 0 Å². The van der Waals surface area contributed by atoms with Crippen molar-refractivity contribution < 1.29 is 4.79 Å². The Morgan fingerprint density at radius 1 is 1.53 bits per heavy atom. The minimum Gasteiger partial charge on any atom is -0.349 e. The Labute approximate surface area is 106 Å². The lowest BCUT2D eigenvalue weighted by molar-refractivity contribution is -0.134. The molecule has 1 aliphatic rings. The molecule has 4 nitrogen and oxygen atoms in total. The molecular weight excluding hydrogens is 234 g/mol. The number of likely N-dealkylation sites (tertiary alicyclic amines) is 1. The number of carbonyl (C=O) groups is 1. The zero-order valence-corrected chi connectivity index (χ0v) is 11.2. The van der Waals surface area contributed by atoms with Crippen molar-refractivity contribution in [3.05, 3.63) is 16.6 Å². The number of hydrogen-bond donors (Lipinski definition) is 0. The summed E-state index contributed by atoms with van der Waals surface area (Å²) in [5.41, 5.74) is 3.02. The Balaban J connectivity index is 1.80. The van der Waals surface area contributed by atoms with Gasteiger partial charge in [-0.3, -0.25) is 9.69 Å². The molecular formula is C12H19N3OS. The molecule has 0 spiro atoms. The summed E-state index contributed by atoms with van der Waals surface area (Å²) in [6, 6.07) is 0. The highest BCUT2D eigenvalue weighted by molar-refractivity contribution is 7.07. The van der Waals surface area contributed by atoms with Crippen molar-refractivity contribution in [2.24, 2.45) is 5.92 Å². The van der Waals surface area contributed by atoms with Crippen LogP contribution in [0.15, 0.2) is 10.9 Å². The van der Waals surface area contributed by atoms with E-state index in [1.165, 1.54) is 0 Å². The maximum Gasteiger partial charge on any atom is 0.225 e. The van der Waals surface area contributed by atoms with Gasteiger partial charge in [0.05, 0.1) is 11.2 Å². The van der Waals surface area contributed by atoms with Gasteiger partial charge in [0.1, 0.15) is 0 Å². The van der Waals surface area contributed by atoms with Crippen LogP contribution in [0.1, 0.15) is 18.5 Å². The number of aromatic nitrogens is 1. The highest BCUT2D eigenvalue weighted by atomic mass is 32.1. The summed E-state index contributed by atoms with van der Waals surface area (Å²) in [5, 5.41) is 2.09. The fraction of sp³-hybridized carbons (Fsp3) is 0.667. The molecule has 0 N–H and O–H groups in total. The lowest BCUT2D eigenvalue weighted by Crippen LogP contribution is -2.39. The molecule has 0 aromatic carbocycles. The SMILES string of the molecule is CN(C)C(=O)C1CCN(Cc2cscn2)CC1. The Kier molecular flexibility index (Phi) is 4.12. The first-order valence-electron chi connectivity index (χ1n) is 5.97. The summed E-state index contributed by atoms with van der Waals surface area (Å²) in [6.07, 6.45) is 1.95. The number of amides is 1. The zero-order chi connectivity index (χ0) is 12.3. The van der Waals surface area contributed by atoms with Crippen LogP contribution in [-0.2, 0) is 11.3 Å². The Morgan fingerprint density at radius 2 is 2.24 bits per heavy atom.